The number of hydrogen-bond acceptors (Lipinski definition) is 7. The van der Waals surface area contributed by atoms with Gasteiger partial charge in [-0.2, -0.15) is 0 Å². The van der Waals surface area contributed by atoms with Crippen LogP contribution in [-0.2, 0) is 32.0 Å². The number of H-pyrrole nitrogens is 1. The number of nitrogens with two attached hydrogens (primary N) is 2. The monoisotopic (exact) mass is 527 g/mol. The fourth-order valence-electron chi connectivity index (χ4n) is 4.55. The zero-order valence-corrected chi connectivity index (χ0v) is 21.3. The number of likely N-dealkylation sites (tertiary alicyclic amines) is 1. The van der Waals surface area contributed by atoms with Crippen LogP contribution in [0.1, 0.15) is 43.4 Å². The summed E-state index contributed by atoms with van der Waals surface area (Å²) in [5, 5.41) is 15.1. The summed E-state index contributed by atoms with van der Waals surface area (Å²) >= 11 is 0. The molecule has 1 aromatic heterocycles. The highest BCUT2D eigenvalue weighted by molar-refractivity contribution is 5.94. The summed E-state index contributed by atoms with van der Waals surface area (Å²) in [4.78, 5) is 59.8. The SMILES string of the molecule is NCCCCC(N)C(=O)NC(Cc1cnc[nH]1)C(=O)NC(Cc1ccccc1)C(=O)N1CCCC1C(=O)O. The van der Waals surface area contributed by atoms with Crippen molar-refractivity contribution in [2.75, 3.05) is 13.1 Å². The third kappa shape index (κ3) is 8.12. The van der Waals surface area contributed by atoms with Gasteiger partial charge in [-0.05, 0) is 37.8 Å². The van der Waals surface area contributed by atoms with Crippen LogP contribution in [0.15, 0.2) is 42.9 Å². The molecule has 1 fully saturated rings. The number of carboxylic acids is 1. The Kier molecular flexibility index (Phi) is 10.8. The lowest BCUT2D eigenvalue weighted by molar-refractivity contribution is -0.149. The quantitative estimate of drug-likeness (QED) is 0.180. The smallest absolute Gasteiger partial charge is 0.326 e. The lowest BCUT2D eigenvalue weighted by Crippen LogP contribution is -2.58. The molecule has 4 unspecified atom stereocenters. The van der Waals surface area contributed by atoms with Crippen LogP contribution in [0.3, 0.4) is 0 Å². The van der Waals surface area contributed by atoms with Crippen LogP contribution >= 0.6 is 0 Å². The minimum atomic E-state index is -1.08. The summed E-state index contributed by atoms with van der Waals surface area (Å²) in [6, 6.07) is 5.32. The van der Waals surface area contributed by atoms with E-state index in [2.05, 4.69) is 20.6 Å². The topological polar surface area (TPSA) is 197 Å². The van der Waals surface area contributed by atoms with E-state index in [0.717, 1.165) is 12.0 Å². The summed E-state index contributed by atoms with van der Waals surface area (Å²) < 4.78 is 0. The van der Waals surface area contributed by atoms with Crippen molar-refractivity contribution in [3.8, 4) is 0 Å². The maximum Gasteiger partial charge on any atom is 0.326 e. The molecule has 1 aromatic carbocycles. The highest BCUT2D eigenvalue weighted by Gasteiger charge is 2.38. The zero-order valence-electron chi connectivity index (χ0n) is 21.3. The normalized spacial score (nSPS) is 17.4. The van der Waals surface area contributed by atoms with Gasteiger partial charge >= 0.3 is 5.97 Å². The molecule has 0 aliphatic carbocycles. The molecule has 0 bridgehead atoms. The molecular formula is C26H37N7O5. The number of carbonyl (C=O) groups is 4. The van der Waals surface area contributed by atoms with Crippen LogP contribution in [-0.4, -0.2) is 80.9 Å². The summed E-state index contributed by atoms with van der Waals surface area (Å²) in [6.45, 7) is 0.790. The third-order valence-corrected chi connectivity index (χ3v) is 6.64. The summed E-state index contributed by atoms with van der Waals surface area (Å²) in [6.07, 6.45) is 6.02. The number of nitrogens with one attached hydrogen (secondary N) is 3. The highest BCUT2D eigenvalue weighted by atomic mass is 16.4. The number of carbonyl (C=O) groups excluding carboxylic acids is 3. The molecule has 4 atom stereocenters. The Hall–Kier alpha value is -3.77. The number of aromatic nitrogens is 2. The van der Waals surface area contributed by atoms with Gasteiger partial charge in [0.1, 0.15) is 18.1 Å². The van der Waals surface area contributed by atoms with Crippen molar-refractivity contribution in [1.82, 2.24) is 25.5 Å². The van der Waals surface area contributed by atoms with E-state index >= 15 is 0 Å². The van der Waals surface area contributed by atoms with Crippen LogP contribution < -0.4 is 22.1 Å². The standard InChI is InChI=1S/C26H37N7O5/c27-11-5-4-9-19(28)23(34)31-20(14-18-15-29-16-30-18)24(35)32-21(13-17-7-2-1-3-8-17)25(36)33-12-6-10-22(33)26(37)38/h1-3,7-8,15-16,19-22H,4-6,9-14,27-28H2,(H,29,30)(H,31,34)(H,32,35)(H,37,38). The maximum atomic E-state index is 13.5. The van der Waals surface area contributed by atoms with Gasteiger partial charge in [0.15, 0.2) is 0 Å². The number of amides is 3. The average Bonchev–Trinajstić information content (AvgIpc) is 3.60. The van der Waals surface area contributed by atoms with Crippen molar-refractivity contribution in [2.24, 2.45) is 11.5 Å². The number of benzene rings is 1. The van der Waals surface area contributed by atoms with Crippen molar-refractivity contribution < 1.29 is 24.3 Å². The Morgan fingerprint density at radius 1 is 1.08 bits per heavy atom. The zero-order chi connectivity index (χ0) is 27.5. The van der Waals surface area contributed by atoms with E-state index in [9.17, 15) is 24.3 Å². The predicted octanol–water partition coefficient (Wildman–Crippen LogP) is -0.304. The summed E-state index contributed by atoms with van der Waals surface area (Å²) in [5.41, 5.74) is 13.0. The first-order valence-electron chi connectivity index (χ1n) is 12.9. The number of rotatable bonds is 14. The summed E-state index contributed by atoms with van der Waals surface area (Å²) in [7, 11) is 0. The number of imidazole rings is 1. The second-order valence-electron chi connectivity index (χ2n) is 9.51. The van der Waals surface area contributed by atoms with E-state index in [4.69, 9.17) is 11.5 Å². The first-order valence-corrected chi connectivity index (χ1v) is 12.9. The van der Waals surface area contributed by atoms with E-state index in [1.165, 1.54) is 11.2 Å². The lowest BCUT2D eigenvalue weighted by Gasteiger charge is -2.29. The van der Waals surface area contributed by atoms with Gasteiger partial charge in [0.25, 0.3) is 0 Å². The third-order valence-electron chi connectivity index (χ3n) is 6.64. The molecule has 12 nitrogen and oxygen atoms in total. The first kappa shape index (κ1) is 28.8. The molecule has 2 aromatic rings. The molecule has 3 amide bonds. The number of aliphatic carboxylic acids is 1. The minimum absolute atomic E-state index is 0.0980. The Labute approximate surface area is 221 Å². The molecule has 3 rings (SSSR count). The van der Waals surface area contributed by atoms with Gasteiger partial charge in [0.2, 0.25) is 17.7 Å². The Balaban J connectivity index is 1.79. The molecule has 12 heteroatoms. The number of hydrogen-bond donors (Lipinski definition) is 6. The number of nitrogens with zero attached hydrogens (tertiary/aromatic N) is 2. The van der Waals surface area contributed by atoms with Crippen LogP contribution in [0.25, 0.3) is 0 Å². The predicted molar refractivity (Wildman–Crippen MR) is 140 cm³/mol. The minimum Gasteiger partial charge on any atom is -0.480 e. The van der Waals surface area contributed by atoms with Gasteiger partial charge in [0.05, 0.1) is 12.4 Å². The fourth-order valence-corrected chi connectivity index (χ4v) is 4.55. The number of carboxylic acid groups (broad SMARTS) is 1. The van der Waals surface area contributed by atoms with Gasteiger partial charge in [-0.25, -0.2) is 9.78 Å². The molecule has 0 saturated carbocycles. The Morgan fingerprint density at radius 3 is 2.47 bits per heavy atom. The molecule has 2 heterocycles. The van der Waals surface area contributed by atoms with E-state index in [-0.39, 0.29) is 12.8 Å². The molecule has 8 N–H and O–H groups in total. The van der Waals surface area contributed by atoms with Gasteiger partial charge in [0, 0.05) is 31.3 Å². The van der Waals surface area contributed by atoms with Gasteiger partial charge < -0.3 is 37.1 Å². The summed E-state index contributed by atoms with van der Waals surface area (Å²) in [5.74, 6) is -2.62. The average molecular weight is 528 g/mol. The van der Waals surface area contributed by atoms with Gasteiger partial charge in [-0.1, -0.05) is 36.8 Å². The van der Waals surface area contributed by atoms with Crippen LogP contribution in [0.5, 0.6) is 0 Å². The molecule has 38 heavy (non-hydrogen) atoms. The van der Waals surface area contributed by atoms with E-state index in [1.807, 2.05) is 30.3 Å². The van der Waals surface area contributed by atoms with E-state index in [0.29, 0.717) is 44.5 Å². The first-order chi connectivity index (χ1) is 18.3. The van der Waals surface area contributed by atoms with Crippen molar-refractivity contribution in [3.63, 3.8) is 0 Å². The van der Waals surface area contributed by atoms with Crippen molar-refractivity contribution in [3.05, 3.63) is 54.1 Å². The fraction of sp³-hybridized carbons (Fsp3) is 0.500. The molecular weight excluding hydrogens is 490 g/mol. The molecule has 206 valence electrons. The lowest BCUT2D eigenvalue weighted by atomic mass is 10.0. The molecule has 1 aliphatic heterocycles. The molecule has 1 saturated heterocycles. The van der Waals surface area contributed by atoms with Crippen LogP contribution in [0.2, 0.25) is 0 Å². The highest BCUT2D eigenvalue weighted by Crippen LogP contribution is 2.20. The Morgan fingerprint density at radius 2 is 1.82 bits per heavy atom. The van der Waals surface area contributed by atoms with Crippen LogP contribution in [0.4, 0.5) is 0 Å². The van der Waals surface area contributed by atoms with Crippen molar-refractivity contribution in [1.29, 1.82) is 0 Å². The van der Waals surface area contributed by atoms with Gasteiger partial charge in [-0.15, -0.1) is 0 Å². The maximum absolute atomic E-state index is 13.5. The number of aromatic amines is 1. The number of unbranched alkanes of at least 4 members (excludes halogenated alkanes) is 1. The Bertz CT molecular complexity index is 1060. The molecule has 0 radical (unpaired) electrons. The molecule has 0 spiro atoms. The second kappa shape index (κ2) is 14.2. The van der Waals surface area contributed by atoms with Gasteiger partial charge in [-0.3, -0.25) is 14.4 Å². The largest absolute Gasteiger partial charge is 0.480 e. The van der Waals surface area contributed by atoms with E-state index < -0.39 is 47.9 Å². The second-order valence-corrected chi connectivity index (χ2v) is 9.51. The van der Waals surface area contributed by atoms with Crippen molar-refractivity contribution >= 4 is 23.7 Å². The van der Waals surface area contributed by atoms with E-state index in [1.54, 1.807) is 6.20 Å². The van der Waals surface area contributed by atoms with Crippen molar-refractivity contribution in [2.45, 2.75) is 69.1 Å². The van der Waals surface area contributed by atoms with Crippen LogP contribution in [0, 0.1) is 0 Å². The molecule has 1 aliphatic rings.